The molecule has 3 rings (SSSR count). The molecule has 1 aliphatic heterocycles. The minimum Gasteiger partial charge on any atom is -0.484 e. The molecule has 1 N–H and O–H groups in total. The van der Waals surface area contributed by atoms with Gasteiger partial charge in [0.05, 0.1) is 0 Å². The van der Waals surface area contributed by atoms with Crippen LogP contribution in [0.4, 0.5) is 10.1 Å². The fourth-order valence-electron chi connectivity index (χ4n) is 3.04. The highest BCUT2D eigenvalue weighted by molar-refractivity contribution is 5.92. The monoisotopic (exact) mass is 370 g/mol. The summed E-state index contributed by atoms with van der Waals surface area (Å²) in [6.45, 7) is 3.04. The quantitative estimate of drug-likeness (QED) is 0.878. The molecular formula is C21H23FN2O3. The van der Waals surface area contributed by atoms with Crippen molar-refractivity contribution in [3.63, 3.8) is 0 Å². The van der Waals surface area contributed by atoms with Crippen molar-refractivity contribution in [3.8, 4) is 5.75 Å². The molecule has 0 spiro atoms. The first-order chi connectivity index (χ1) is 13.0. The molecule has 2 amide bonds. The lowest BCUT2D eigenvalue weighted by atomic mass is 9.95. The topological polar surface area (TPSA) is 58.6 Å². The second kappa shape index (κ2) is 8.66. The minimum atomic E-state index is -0.340. The summed E-state index contributed by atoms with van der Waals surface area (Å²) in [6.07, 6.45) is 1.20. The van der Waals surface area contributed by atoms with Gasteiger partial charge in [-0.15, -0.1) is 0 Å². The van der Waals surface area contributed by atoms with Crippen LogP contribution >= 0.6 is 0 Å². The van der Waals surface area contributed by atoms with Gasteiger partial charge in [-0.25, -0.2) is 4.39 Å². The van der Waals surface area contributed by atoms with Crippen LogP contribution < -0.4 is 10.1 Å². The third kappa shape index (κ3) is 5.29. The number of anilines is 1. The molecule has 0 aromatic heterocycles. The van der Waals surface area contributed by atoms with Crippen molar-refractivity contribution in [1.82, 2.24) is 4.90 Å². The van der Waals surface area contributed by atoms with Crippen molar-refractivity contribution >= 4 is 17.5 Å². The lowest BCUT2D eigenvalue weighted by Gasteiger charge is -2.31. The van der Waals surface area contributed by atoms with Crippen LogP contribution in [-0.2, 0) is 9.59 Å². The summed E-state index contributed by atoms with van der Waals surface area (Å²) < 4.78 is 18.5. The number of carbonyl (C=O) groups is 2. The average Bonchev–Trinajstić information content (AvgIpc) is 2.69. The first-order valence-corrected chi connectivity index (χ1v) is 9.05. The third-order valence-corrected chi connectivity index (χ3v) is 4.71. The fraction of sp³-hybridized carbons (Fsp3) is 0.333. The van der Waals surface area contributed by atoms with E-state index in [2.05, 4.69) is 5.32 Å². The Balaban J connectivity index is 1.43. The number of carbonyl (C=O) groups excluding carboxylic acids is 2. The Morgan fingerprint density at radius 1 is 1.07 bits per heavy atom. The summed E-state index contributed by atoms with van der Waals surface area (Å²) in [5.41, 5.74) is 1.71. The van der Waals surface area contributed by atoms with Crippen molar-refractivity contribution in [2.24, 2.45) is 5.92 Å². The maximum Gasteiger partial charge on any atom is 0.260 e. The van der Waals surface area contributed by atoms with Gasteiger partial charge < -0.3 is 15.0 Å². The van der Waals surface area contributed by atoms with Gasteiger partial charge in [0.1, 0.15) is 11.6 Å². The van der Waals surface area contributed by atoms with Gasteiger partial charge in [0, 0.05) is 24.7 Å². The lowest BCUT2D eigenvalue weighted by Crippen LogP contribution is -2.43. The molecule has 1 heterocycles. The number of hydrogen-bond acceptors (Lipinski definition) is 3. The Morgan fingerprint density at radius 3 is 2.33 bits per heavy atom. The highest BCUT2D eigenvalue weighted by Crippen LogP contribution is 2.20. The van der Waals surface area contributed by atoms with Gasteiger partial charge in [-0.05, 0) is 56.2 Å². The maximum absolute atomic E-state index is 12.9. The molecule has 0 bridgehead atoms. The summed E-state index contributed by atoms with van der Waals surface area (Å²) in [5.74, 6) is 0.00453. The van der Waals surface area contributed by atoms with Crippen molar-refractivity contribution < 1.29 is 18.7 Å². The van der Waals surface area contributed by atoms with Crippen LogP contribution in [0.3, 0.4) is 0 Å². The smallest absolute Gasteiger partial charge is 0.260 e. The largest absolute Gasteiger partial charge is 0.484 e. The number of halogens is 1. The number of ether oxygens (including phenoxy) is 1. The van der Waals surface area contributed by atoms with E-state index in [0.29, 0.717) is 37.4 Å². The summed E-state index contributed by atoms with van der Waals surface area (Å²) in [5, 5.41) is 2.80. The van der Waals surface area contributed by atoms with Crippen LogP contribution in [0.25, 0.3) is 0 Å². The van der Waals surface area contributed by atoms with Crippen LogP contribution in [0.5, 0.6) is 5.75 Å². The maximum atomic E-state index is 12.9. The molecular weight excluding hydrogens is 347 g/mol. The number of aryl methyl sites for hydroxylation is 1. The van der Waals surface area contributed by atoms with E-state index in [1.54, 1.807) is 4.90 Å². The fourth-order valence-corrected chi connectivity index (χ4v) is 3.04. The van der Waals surface area contributed by atoms with Crippen molar-refractivity contribution in [2.75, 3.05) is 25.0 Å². The molecule has 5 nitrogen and oxygen atoms in total. The molecule has 142 valence electrons. The van der Waals surface area contributed by atoms with Crippen LogP contribution in [0.1, 0.15) is 18.4 Å². The van der Waals surface area contributed by atoms with Crippen molar-refractivity contribution in [3.05, 3.63) is 59.9 Å². The lowest BCUT2D eigenvalue weighted by molar-refractivity contribution is -0.136. The van der Waals surface area contributed by atoms with Gasteiger partial charge in [-0.1, -0.05) is 17.7 Å². The number of nitrogens with zero attached hydrogens (tertiary/aromatic N) is 1. The molecule has 27 heavy (non-hydrogen) atoms. The Labute approximate surface area is 158 Å². The number of rotatable bonds is 5. The van der Waals surface area contributed by atoms with E-state index < -0.39 is 0 Å². The summed E-state index contributed by atoms with van der Waals surface area (Å²) in [7, 11) is 0. The van der Waals surface area contributed by atoms with Crippen LogP contribution in [0, 0.1) is 18.7 Å². The van der Waals surface area contributed by atoms with Crippen LogP contribution in [0.2, 0.25) is 0 Å². The molecule has 2 aromatic carbocycles. The van der Waals surface area contributed by atoms with E-state index in [-0.39, 0.29) is 30.2 Å². The Kier molecular flexibility index (Phi) is 6.06. The normalized spacial score (nSPS) is 14.7. The molecule has 0 saturated carbocycles. The number of hydrogen-bond donors (Lipinski definition) is 1. The first kappa shape index (κ1) is 18.9. The Bertz CT molecular complexity index is 782. The van der Waals surface area contributed by atoms with E-state index in [1.807, 2.05) is 31.2 Å². The van der Waals surface area contributed by atoms with Gasteiger partial charge in [0.2, 0.25) is 5.91 Å². The SMILES string of the molecule is Cc1ccc(OCC(=O)N2CCC(C(=O)Nc3ccc(F)cc3)CC2)cc1. The molecule has 0 atom stereocenters. The minimum absolute atomic E-state index is 0.00446. The zero-order chi connectivity index (χ0) is 19.2. The summed E-state index contributed by atoms with van der Waals surface area (Å²) >= 11 is 0. The predicted octanol–water partition coefficient (Wildman–Crippen LogP) is 3.39. The van der Waals surface area contributed by atoms with E-state index in [0.717, 1.165) is 5.56 Å². The van der Waals surface area contributed by atoms with Gasteiger partial charge in [0.25, 0.3) is 5.91 Å². The summed E-state index contributed by atoms with van der Waals surface area (Å²) in [4.78, 5) is 26.4. The molecule has 0 unspecified atom stereocenters. The number of piperidine rings is 1. The Hall–Kier alpha value is -2.89. The predicted molar refractivity (Wildman–Crippen MR) is 101 cm³/mol. The van der Waals surface area contributed by atoms with Gasteiger partial charge >= 0.3 is 0 Å². The zero-order valence-corrected chi connectivity index (χ0v) is 15.3. The van der Waals surface area contributed by atoms with Gasteiger partial charge in [-0.3, -0.25) is 9.59 Å². The molecule has 1 aliphatic rings. The van der Waals surface area contributed by atoms with E-state index in [9.17, 15) is 14.0 Å². The number of amides is 2. The van der Waals surface area contributed by atoms with E-state index >= 15 is 0 Å². The summed E-state index contributed by atoms with van der Waals surface area (Å²) in [6, 6.07) is 13.2. The number of nitrogens with one attached hydrogen (secondary N) is 1. The number of benzene rings is 2. The highest BCUT2D eigenvalue weighted by atomic mass is 19.1. The van der Waals surface area contributed by atoms with Gasteiger partial charge in [0.15, 0.2) is 6.61 Å². The highest BCUT2D eigenvalue weighted by Gasteiger charge is 2.27. The second-order valence-electron chi connectivity index (χ2n) is 6.75. The molecule has 6 heteroatoms. The third-order valence-electron chi connectivity index (χ3n) is 4.71. The van der Waals surface area contributed by atoms with Crippen LogP contribution in [0.15, 0.2) is 48.5 Å². The standard InChI is InChI=1S/C21H23FN2O3/c1-15-2-8-19(9-3-15)27-14-20(25)24-12-10-16(11-13-24)21(26)23-18-6-4-17(22)5-7-18/h2-9,16H,10-14H2,1H3,(H,23,26). The molecule has 1 fully saturated rings. The number of likely N-dealkylation sites (tertiary alicyclic amines) is 1. The first-order valence-electron chi connectivity index (χ1n) is 9.05. The van der Waals surface area contributed by atoms with E-state index in [4.69, 9.17) is 4.74 Å². The zero-order valence-electron chi connectivity index (χ0n) is 15.3. The van der Waals surface area contributed by atoms with Crippen molar-refractivity contribution in [1.29, 1.82) is 0 Å². The molecule has 0 aliphatic carbocycles. The van der Waals surface area contributed by atoms with Crippen molar-refractivity contribution in [2.45, 2.75) is 19.8 Å². The van der Waals surface area contributed by atoms with E-state index in [1.165, 1.54) is 24.3 Å². The molecule has 0 radical (unpaired) electrons. The second-order valence-corrected chi connectivity index (χ2v) is 6.75. The average molecular weight is 370 g/mol. The Morgan fingerprint density at radius 2 is 1.70 bits per heavy atom. The molecule has 2 aromatic rings. The van der Waals surface area contributed by atoms with Gasteiger partial charge in [-0.2, -0.15) is 0 Å². The van der Waals surface area contributed by atoms with Crippen LogP contribution in [-0.4, -0.2) is 36.4 Å². The molecule has 1 saturated heterocycles.